The zero-order valence-corrected chi connectivity index (χ0v) is 18.2. The van der Waals surface area contributed by atoms with Crippen LogP contribution in [0.1, 0.15) is 32.1 Å². The third-order valence-electron chi connectivity index (χ3n) is 7.69. The van der Waals surface area contributed by atoms with E-state index in [4.69, 9.17) is 14.2 Å². The van der Waals surface area contributed by atoms with Crippen LogP contribution in [-0.4, -0.2) is 132 Å². The van der Waals surface area contributed by atoms with Crippen LogP contribution in [0.2, 0.25) is 0 Å². The fourth-order valence-corrected chi connectivity index (χ4v) is 5.82. The molecule has 12 nitrogen and oxygen atoms in total. The minimum atomic E-state index is -1.62. The highest BCUT2D eigenvalue weighted by Crippen LogP contribution is 2.43. The van der Waals surface area contributed by atoms with Crippen molar-refractivity contribution < 1.29 is 60.2 Å². The second-order valence-corrected chi connectivity index (χ2v) is 9.96. The van der Waals surface area contributed by atoms with E-state index in [0.717, 1.165) is 0 Å². The van der Waals surface area contributed by atoms with Crippen LogP contribution >= 0.6 is 0 Å². The van der Waals surface area contributed by atoms with E-state index >= 15 is 0 Å². The molecule has 2 heterocycles. The van der Waals surface area contributed by atoms with Gasteiger partial charge in [-0.2, -0.15) is 0 Å². The third-order valence-corrected chi connectivity index (χ3v) is 7.69. The molecule has 9 N–H and O–H groups in total. The summed E-state index contributed by atoms with van der Waals surface area (Å²) in [6, 6.07) is 0. The van der Waals surface area contributed by atoms with Crippen molar-refractivity contribution in [2.45, 2.75) is 112 Å². The Morgan fingerprint density at radius 2 is 1.33 bits per heavy atom. The standard InChI is InChI=1S/C21H36O12/c22-6-15-17(28)18(29)19(30)21(33-15)32-14-5-9-10(24)3-8(23)4-13(9)31-20(14)7-1-11(25)16(27)12(26)2-7/h7-30H,1-6H2/t7?,8?,9?,10?,11?,12?,13?,14?,15-,16?,17-,18+,19-,20?,21+/m0/s1. The van der Waals surface area contributed by atoms with Crippen LogP contribution in [0, 0.1) is 11.8 Å². The molecule has 12 heteroatoms. The average Bonchev–Trinajstić information content (AvgIpc) is 2.77. The number of rotatable bonds is 4. The normalized spacial score (nSPS) is 55.7. The van der Waals surface area contributed by atoms with Crippen LogP contribution in [0.3, 0.4) is 0 Å². The lowest BCUT2D eigenvalue weighted by Crippen LogP contribution is -2.62. The Bertz CT molecular complexity index is 639. The van der Waals surface area contributed by atoms with E-state index in [1.807, 2.05) is 0 Å². The van der Waals surface area contributed by atoms with Gasteiger partial charge in [-0.05, 0) is 38.0 Å². The van der Waals surface area contributed by atoms with Crippen LogP contribution in [0.25, 0.3) is 0 Å². The monoisotopic (exact) mass is 480 g/mol. The molecule has 0 spiro atoms. The molecular weight excluding hydrogens is 444 g/mol. The smallest absolute Gasteiger partial charge is 0.187 e. The lowest BCUT2D eigenvalue weighted by Gasteiger charge is -2.51. The molecule has 0 aromatic carbocycles. The first-order chi connectivity index (χ1) is 15.6. The number of fused-ring (bicyclic) bond motifs is 1. The van der Waals surface area contributed by atoms with Crippen molar-refractivity contribution in [2.75, 3.05) is 6.61 Å². The minimum Gasteiger partial charge on any atom is -0.394 e. The van der Waals surface area contributed by atoms with Crippen molar-refractivity contribution in [2.24, 2.45) is 11.8 Å². The van der Waals surface area contributed by atoms with Crippen molar-refractivity contribution in [1.29, 1.82) is 0 Å². The largest absolute Gasteiger partial charge is 0.394 e. The quantitative estimate of drug-likeness (QED) is 0.188. The van der Waals surface area contributed by atoms with Crippen LogP contribution in [0.15, 0.2) is 0 Å². The predicted molar refractivity (Wildman–Crippen MR) is 107 cm³/mol. The first-order valence-electron chi connectivity index (χ1n) is 11.6. The minimum absolute atomic E-state index is 0.111. The molecule has 8 unspecified atom stereocenters. The van der Waals surface area contributed by atoms with Crippen molar-refractivity contribution in [3.05, 3.63) is 0 Å². The molecule has 4 rings (SSSR count). The van der Waals surface area contributed by atoms with Gasteiger partial charge in [0.25, 0.3) is 0 Å². The van der Waals surface area contributed by atoms with Gasteiger partial charge in [-0.25, -0.2) is 0 Å². The topological polar surface area (TPSA) is 210 Å². The number of aliphatic hydroxyl groups is 9. The SMILES string of the molecule is OC[C@@H]1O[C@@H](OC2CC3C(O)CC(O)CC3OC2C2CC(O)C(O)C(O)C2)[C@@H](O)[C@H](O)[C@H]1O. The molecule has 2 saturated heterocycles. The summed E-state index contributed by atoms with van der Waals surface area (Å²) < 4.78 is 17.7. The van der Waals surface area contributed by atoms with Crippen LogP contribution in [0.4, 0.5) is 0 Å². The molecule has 0 amide bonds. The summed E-state index contributed by atoms with van der Waals surface area (Å²) in [6.07, 6.45) is -13.7. The number of hydrogen-bond acceptors (Lipinski definition) is 12. The summed E-state index contributed by atoms with van der Waals surface area (Å²) >= 11 is 0. The first-order valence-corrected chi connectivity index (χ1v) is 11.6. The molecule has 13 atom stereocenters. The second-order valence-electron chi connectivity index (χ2n) is 9.96. The highest BCUT2D eigenvalue weighted by atomic mass is 16.7. The number of hydrogen-bond donors (Lipinski definition) is 9. The van der Waals surface area contributed by atoms with E-state index in [1.165, 1.54) is 0 Å². The number of aliphatic hydroxyl groups excluding tert-OH is 9. The average molecular weight is 481 g/mol. The fraction of sp³-hybridized carbons (Fsp3) is 1.00. The molecule has 2 saturated carbocycles. The lowest BCUT2D eigenvalue weighted by atomic mass is 9.72. The Hall–Kier alpha value is -0.480. The van der Waals surface area contributed by atoms with Gasteiger partial charge >= 0.3 is 0 Å². The summed E-state index contributed by atoms with van der Waals surface area (Å²) in [5.41, 5.74) is 0. The Morgan fingerprint density at radius 1 is 0.667 bits per heavy atom. The van der Waals surface area contributed by atoms with Gasteiger partial charge in [0.15, 0.2) is 6.29 Å². The van der Waals surface area contributed by atoms with E-state index in [9.17, 15) is 46.0 Å². The van der Waals surface area contributed by atoms with E-state index in [0.29, 0.717) is 6.42 Å². The summed E-state index contributed by atoms with van der Waals surface area (Å²) in [4.78, 5) is 0. The molecular formula is C21H36O12. The molecule has 0 aromatic rings. The molecule has 192 valence electrons. The van der Waals surface area contributed by atoms with Crippen molar-refractivity contribution in [3.63, 3.8) is 0 Å². The Kier molecular flexibility index (Phi) is 7.95. The van der Waals surface area contributed by atoms with Gasteiger partial charge in [0.1, 0.15) is 30.5 Å². The molecule has 2 aliphatic carbocycles. The zero-order chi connectivity index (χ0) is 24.0. The second kappa shape index (κ2) is 10.2. The Labute approximate surface area is 191 Å². The molecule has 2 aliphatic heterocycles. The van der Waals surface area contributed by atoms with E-state index in [1.54, 1.807) is 0 Å². The Balaban J connectivity index is 1.56. The van der Waals surface area contributed by atoms with Gasteiger partial charge < -0.3 is 60.2 Å². The van der Waals surface area contributed by atoms with Gasteiger partial charge in [0.05, 0.1) is 49.3 Å². The van der Waals surface area contributed by atoms with E-state index in [2.05, 4.69) is 0 Å². The maximum absolute atomic E-state index is 10.5. The summed E-state index contributed by atoms with van der Waals surface area (Å²) in [7, 11) is 0. The Morgan fingerprint density at radius 3 is 1.97 bits per heavy atom. The zero-order valence-electron chi connectivity index (χ0n) is 18.2. The van der Waals surface area contributed by atoms with Gasteiger partial charge in [-0.15, -0.1) is 0 Å². The summed E-state index contributed by atoms with van der Waals surface area (Å²) in [5.74, 6) is -0.839. The van der Waals surface area contributed by atoms with Crippen molar-refractivity contribution in [1.82, 2.24) is 0 Å². The van der Waals surface area contributed by atoms with Crippen LogP contribution < -0.4 is 0 Å². The highest BCUT2D eigenvalue weighted by molar-refractivity contribution is 5.00. The maximum Gasteiger partial charge on any atom is 0.187 e. The predicted octanol–water partition coefficient (Wildman–Crippen LogP) is -4.05. The number of ether oxygens (including phenoxy) is 3. The highest BCUT2D eigenvalue weighted by Gasteiger charge is 2.52. The molecule has 0 bridgehead atoms. The molecule has 0 aromatic heterocycles. The van der Waals surface area contributed by atoms with E-state index in [-0.39, 0.29) is 31.6 Å². The van der Waals surface area contributed by atoms with Crippen molar-refractivity contribution >= 4 is 0 Å². The molecule has 0 radical (unpaired) electrons. The molecule has 4 aliphatic rings. The molecule has 4 fully saturated rings. The maximum atomic E-state index is 10.5. The van der Waals surface area contributed by atoms with Gasteiger partial charge in [0, 0.05) is 5.92 Å². The van der Waals surface area contributed by atoms with Crippen LogP contribution in [-0.2, 0) is 14.2 Å². The van der Waals surface area contributed by atoms with Gasteiger partial charge in [0.2, 0.25) is 0 Å². The van der Waals surface area contributed by atoms with Crippen LogP contribution in [0.5, 0.6) is 0 Å². The third kappa shape index (κ3) is 5.08. The summed E-state index contributed by atoms with van der Waals surface area (Å²) in [5, 5.41) is 90.9. The lowest BCUT2D eigenvalue weighted by molar-refractivity contribution is -0.333. The van der Waals surface area contributed by atoms with E-state index < -0.39 is 92.1 Å². The fourth-order valence-electron chi connectivity index (χ4n) is 5.82. The molecule has 33 heavy (non-hydrogen) atoms. The first kappa shape index (κ1) is 25.6. The van der Waals surface area contributed by atoms with Gasteiger partial charge in [-0.1, -0.05) is 0 Å². The van der Waals surface area contributed by atoms with Crippen molar-refractivity contribution in [3.8, 4) is 0 Å². The van der Waals surface area contributed by atoms with Gasteiger partial charge in [-0.3, -0.25) is 0 Å². The summed E-state index contributed by atoms with van der Waals surface area (Å²) in [6.45, 7) is -0.615.